The lowest BCUT2D eigenvalue weighted by atomic mass is 10.0. The smallest absolute Gasteiger partial charge is 0.224 e. The molecule has 108 valence electrons. The predicted molar refractivity (Wildman–Crippen MR) is 73.6 cm³/mol. The van der Waals surface area contributed by atoms with Gasteiger partial charge >= 0.3 is 0 Å². The maximum Gasteiger partial charge on any atom is 0.224 e. The third-order valence-electron chi connectivity index (χ3n) is 3.51. The summed E-state index contributed by atoms with van der Waals surface area (Å²) < 4.78 is 5.34. The fourth-order valence-corrected chi connectivity index (χ4v) is 2.15. The molecule has 1 heterocycles. The van der Waals surface area contributed by atoms with E-state index in [-0.39, 0.29) is 5.91 Å². The molecule has 1 rings (SSSR count). The molecule has 1 aliphatic heterocycles. The molecule has 1 aliphatic rings. The average molecular weight is 267 g/mol. The summed E-state index contributed by atoms with van der Waals surface area (Å²) in [5.74, 6) is 0.158. The monoisotopic (exact) mass is 267 g/mol. The molecule has 0 atom stereocenters. The van der Waals surface area contributed by atoms with Crippen LogP contribution in [-0.4, -0.2) is 60.6 Å². The number of nitrogens with zero attached hydrogens (tertiary/aromatic N) is 3. The fourth-order valence-electron chi connectivity index (χ4n) is 2.15. The molecule has 0 aromatic rings. The van der Waals surface area contributed by atoms with Crippen LogP contribution in [0.15, 0.2) is 0 Å². The Balaban J connectivity index is 2.30. The number of rotatable bonds is 6. The van der Waals surface area contributed by atoms with E-state index in [1.54, 1.807) is 0 Å². The Labute approximate surface area is 116 Å². The first-order valence-corrected chi connectivity index (χ1v) is 7.03. The second-order valence-electron chi connectivity index (χ2n) is 5.40. The van der Waals surface area contributed by atoms with Crippen LogP contribution in [0.25, 0.3) is 0 Å². The lowest BCUT2D eigenvalue weighted by molar-refractivity contribution is -0.134. The van der Waals surface area contributed by atoms with Crippen molar-refractivity contribution in [2.45, 2.75) is 39.2 Å². The van der Waals surface area contributed by atoms with Crippen molar-refractivity contribution >= 4 is 5.91 Å². The molecule has 0 aromatic carbocycles. The van der Waals surface area contributed by atoms with Crippen molar-refractivity contribution in [3.8, 4) is 6.07 Å². The largest absolute Gasteiger partial charge is 0.381 e. The standard InChI is InChI=1S/C14H25N3O2/c1-4-10-19-11-5-13(18)16-6-8-17(9-7-16)14(2,3)12-15/h4-11H2,1-3H3. The van der Waals surface area contributed by atoms with E-state index in [9.17, 15) is 4.79 Å². The molecule has 0 aliphatic carbocycles. The van der Waals surface area contributed by atoms with Gasteiger partial charge in [0.1, 0.15) is 5.54 Å². The van der Waals surface area contributed by atoms with E-state index in [4.69, 9.17) is 10.00 Å². The minimum absolute atomic E-state index is 0.158. The zero-order chi connectivity index (χ0) is 14.3. The molecule has 1 saturated heterocycles. The predicted octanol–water partition coefficient (Wildman–Crippen LogP) is 1.25. The van der Waals surface area contributed by atoms with Crippen molar-refractivity contribution in [3.05, 3.63) is 0 Å². The zero-order valence-corrected chi connectivity index (χ0v) is 12.3. The van der Waals surface area contributed by atoms with E-state index in [1.165, 1.54) is 0 Å². The molecule has 0 unspecified atom stereocenters. The lowest BCUT2D eigenvalue weighted by Crippen LogP contribution is -2.55. The van der Waals surface area contributed by atoms with E-state index in [2.05, 4.69) is 17.9 Å². The van der Waals surface area contributed by atoms with E-state index in [0.29, 0.717) is 26.1 Å². The molecule has 19 heavy (non-hydrogen) atoms. The Morgan fingerprint density at radius 3 is 2.42 bits per heavy atom. The first kappa shape index (κ1) is 15.9. The van der Waals surface area contributed by atoms with Crippen LogP contribution < -0.4 is 0 Å². The third-order valence-corrected chi connectivity index (χ3v) is 3.51. The molecular weight excluding hydrogens is 242 g/mol. The fraction of sp³-hybridized carbons (Fsp3) is 0.857. The van der Waals surface area contributed by atoms with Crippen LogP contribution in [0.2, 0.25) is 0 Å². The zero-order valence-electron chi connectivity index (χ0n) is 12.3. The maximum atomic E-state index is 11.9. The average Bonchev–Trinajstić information content (AvgIpc) is 2.43. The van der Waals surface area contributed by atoms with Crippen LogP contribution in [0.3, 0.4) is 0 Å². The Hall–Kier alpha value is -1.12. The van der Waals surface area contributed by atoms with Crippen LogP contribution in [0.5, 0.6) is 0 Å². The first-order chi connectivity index (χ1) is 9.01. The Kier molecular flexibility index (Phi) is 6.26. The van der Waals surface area contributed by atoms with E-state index < -0.39 is 5.54 Å². The minimum atomic E-state index is -0.445. The SMILES string of the molecule is CCCOCCC(=O)N1CCN(C(C)(C)C#N)CC1. The second kappa shape index (κ2) is 7.46. The second-order valence-corrected chi connectivity index (χ2v) is 5.40. The Morgan fingerprint density at radius 1 is 1.26 bits per heavy atom. The van der Waals surface area contributed by atoms with Crippen molar-refractivity contribution < 1.29 is 9.53 Å². The van der Waals surface area contributed by atoms with Crippen LogP contribution in [-0.2, 0) is 9.53 Å². The van der Waals surface area contributed by atoms with Crippen molar-refractivity contribution in [1.82, 2.24) is 9.80 Å². The number of carbonyl (C=O) groups excluding carboxylic acids is 1. The van der Waals surface area contributed by atoms with Gasteiger partial charge in [-0.2, -0.15) is 5.26 Å². The number of piperazine rings is 1. The van der Waals surface area contributed by atoms with Gasteiger partial charge in [-0.15, -0.1) is 0 Å². The number of nitriles is 1. The Bertz CT molecular complexity index is 328. The maximum absolute atomic E-state index is 11.9. The number of amides is 1. The highest BCUT2D eigenvalue weighted by Crippen LogP contribution is 2.16. The normalized spacial score (nSPS) is 17.3. The van der Waals surface area contributed by atoms with Gasteiger partial charge < -0.3 is 9.64 Å². The minimum Gasteiger partial charge on any atom is -0.381 e. The molecule has 0 N–H and O–H groups in total. The van der Waals surface area contributed by atoms with Gasteiger partial charge in [-0.3, -0.25) is 9.69 Å². The summed E-state index contributed by atoms with van der Waals surface area (Å²) in [6, 6.07) is 2.31. The van der Waals surface area contributed by atoms with E-state index in [0.717, 1.165) is 26.1 Å². The molecule has 1 amide bonds. The number of hydrogen-bond acceptors (Lipinski definition) is 4. The highest BCUT2D eigenvalue weighted by Gasteiger charge is 2.30. The summed E-state index contributed by atoms with van der Waals surface area (Å²) in [6.45, 7) is 10.1. The molecule has 1 fully saturated rings. The van der Waals surface area contributed by atoms with E-state index >= 15 is 0 Å². The molecule has 0 aromatic heterocycles. The Morgan fingerprint density at radius 2 is 1.89 bits per heavy atom. The van der Waals surface area contributed by atoms with Crippen LogP contribution in [0, 0.1) is 11.3 Å². The van der Waals surface area contributed by atoms with Crippen LogP contribution in [0.1, 0.15) is 33.6 Å². The van der Waals surface area contributed by atoms with Gasteiger partial charge in [0, 0.05) is 32.8 Å². The highest BCUT2D eigenvalue weighted by molar-refractivity contribution is 5.76. The molecule has 5 nitrogen and oxygen atoms in total. The topological polar surface area (TPSA) is 56.6 Å². The summed E-state index contributed by atoms with van der Waals surface area (Å²) in [5, 5.41) is 9.10. The summed E-state index contributed by atoms with van der Waals surface area (Å²) in [6.07, 6.45) is 1.44. The summed E-state index contributed by atoms with van der Waals surface area (Å²) in [7, 11) is 0. The van der Waals surface area contributed by atoms with Crippen LogP contribution >= 0.6 is 0 Å². The molecule has 5 heteroatoms. The van der Waals surface area contributed by atoms with Gasteiger partial charge in [0.05, 0.1) is 19.1 Å². The number of ether oxygens (including phenoxy) is 1. The molecule has 0 spiro atoms. The van der Waals surface area contributed by atoms with Gasteiger partial charge in [-0.05, 0) is 20.3 Å². The number of carbonyl (C=O) groups is 1. The molecular formula is C14H25N3O2. The molecule has 0 radical (unpaired) electrons. The third kappa shape index (κ3) is 4.81. The summed E-state index contributed by atoms with van der Waals surface area (Å²) >= 11 is 0. The van der Waals surface area contributed by atoms with Crippen LogP contribution in [0.4, 0.5) is 0 Å². The number of hydrogen-bond donors (Lipinski definition) is 0. The van der Waals surface area contributed by atoms with Crippen molar-refractivity contribution in [3.63, 3.8) is 0 Å². The first-order valence-electron chi connectivity index (χ1n) is 7.03. The highest BCUT2D eigenvalue weighted by atomic mass is 16.5. The summed E-state index contributed by atoms with van der Waals surface area (Å²) in [5.41, 5.74) is -0.445. The lowest BCUT2D eigenvalue weighted by Gasteiger charge is -2.40. The van der Waals surface area contributed by atoms with Gasteiger partial charge in [0.25, 0.3) is 0 Å². The van der Waals surface area contributed by atoms with Gasteiger partial charge in [0.15, 0.2) is 0 Å². The van der Waals surface area contributed by atoms with Crippen molar-refractivity contribution in [1.29, 1.82) is 5.26 Å². The summed E-state index contributed by atoms with van der Waals surface area (Å²) in [4.78, 5) is 16.0. The molecule has 0 saturated carbocycles. The van der Waals surface area contributed by atoms with Crippen molar-refractivity contribution in [2.75, 3.05) is 39.4 Å². The quantitative estimate of drug-likeness (QED) is 0.680. The van der Waals surface area contributed by atoms with Gasteiger partial charge in [-0.1, -0.05) is 6.92 Å². The van der Waals surface area contributed by atoms with Gasteiger partial charge in [-0.25, -0.2) is 0 Å². The molecule has 0 bridgehead atoms. The van der Waals surface area contributed by atoms with Crippen molar-refractivity contribution in [2.24, 2.45) is 0 Å². The van der Waals surface area contributed by atoms with Gasteiger partial charge in [0.2, 0.25) is 5.91 Å². The van der Waals surface area contributed by atoms with E-state index in [1.807, 2.05) is 18.7 Å².